The van der Waals surface area contributed by atoms with Crippen LogP contribution in [0, 0.1) is 0 Å². The van der Waals surface area contributed by atoms with Gasteiger partial charge in [-0.2, -0.15) is 0 Å². The fourth-order valence-electron chi connectivity index (χ4n) is 2.81. The topological polar surface area (TPSA) is 25.8 Å². The lowest BCUT2D eigenvalue weighted by Crippen LogP contribution is -2.36. The molecule has 0 aliphatic heterocycles. The molecule has 0 saturated heterocycles. The monoisotopic (exact) mass is 240 g/mol. The highest BCUT2D eigenvalue weighted by Gasteiger charge is 2.39. The Morgan fingerprint density at radius 3 is 1.56 bits per heavy atom. The van der Waals surface area contributed by atoms with Gasteiger partial charge in [-0.05, 0) is 25.0 Å². The minimum atomic E-state index is 0.141. The Bertz CT molecular complexity index is 557. The van der Waals surface area contributed by atoms with Gasteiger partial charge in [0.15, 0.2) is 0 Å². The van der Waals surface area contributed by atoms with Crippen LogP contribution in [0.1, 0.15) is 51.9 Å². The van der Waals surface area contributed by atoms with Crippen LogP contribution >= 0.6 is 0 Å². The number of aromatic nitrogens is 2. The molecule has 1 aromatic carbocycles. The molecule has 0 radical (unpaired) electrons. The highest BCUT2D eigenvalue weighted by Crippen LogP contribution is 2.44. The first-order chi connectivity index (χ1) is 8.40. The molecule has 2 heteroatoms. The summed E-state index contributed by atoms with van der Waals surface area (Å²) >= 11 is 0. The number of hydrogen-bond donors (Lipinski definition) is 0. The Labute approximate surface area is 108 Å². The Hall–Kier alpha value is -1.44. The van der Waals surface area contributed by atoms with E-state index < -0.39 is 0 Å². The molecule has 0 atom stereocenters. The average Bonchev–Trinajstić information content (AvgIpc) is 2.34. The molecule has 0 saturated carbocycles. The van der Waals surface area contributed by atoms with E-state index >= 15 is 0 Å². The standard InChI is InChI=1S/C16H20N2/c1-15(2)9-10-16(3,4)14-13(15)17-11-7-5-6-8-12(11)18-14/h5-8H,9-10H2,1-4H3. The van der Waals surface area contributed by atoms with E-state index in [1.54, 1.807) is 0 Å². The van der Waals surface area contributed by atoms with E-state index in [1.165, 1.54) is 24.2 Å². The fourth-order valence-corrected chi connectivity index (χ4v) is 2.81. The molecule has 1 heterocycles. The normalized spacial score (nSPS) is 20.7. The summed E-state index contributed by atoms with van der Waals surface area (Å²) < 4.78 is 0. The van der Waals surface area contributed by atoms with Crippen molar-refractivity contribution in [3.63, 3.8) is 0 Å². The molecular formula is C16H20N2. The second-order valence-corrected chi connectivity index (χ2v) is 6.68. The van der Waals surface area contributed by atoms with Crippen LogP contribution in [-0.2, 0) is 10.8 Å². The molecule has 0 fully saturated rings. The number of rotatable bonds is 0. The maximum Gasteiger partial charge on any atom is 0.0890 e. The summed E-state index contributed by atoms with van der Waals surface area (Å²) in [4.78, 5) is 9.80. The molecule has 1 aliphatic rings. The molecule has 18 heavy (non-hydrogen) atoms. The third kappa shape index (κ3) is 1.63. The third-order valence-electron chi connectivity index (χ3n) is 4.23. The van der Waals surface area contributed by atoms with E-state index in [0.717, 1.165) is 11.0 Å². The molecule has 3 rings (SSSR count). The van der Waals surface area contributed by atoms with Crippen molar-refractivity contribution in [3.8, 4) is 0 Å². The predicted octanol–water partition coefficient (Wildman–Crippen LogP) is 3.98. The Balaban J connectivity index is 2.35. The van der Waals surface area contributed by atoms with E-state index in [9.17, 15) is 0 Å². The van der Waals surface area contributed by atoms with Crippen molar-refractivity contribution in [3.05, 3.63) is 35.7 Å². The van der Waals surface area contributed by atoms with E-state index in [-0.39, 0.29) is 10.8 Å². The summed E-state index contributed by atoms with van der Waals surface area (Å²) in [5, 5.41) is 0. The van der Waals surface area contributed by atoms with Crippen molar-refractivity contribution < 1.29 is 0 Å². The first-order valence-corrected chi connectivity index (χ1v) is 6.68. The predicted molar refractivity (Wildman–Crippen MR) is 74.8 cm³/mol. The minimum Gasteiger partial charge on any atom is -0.249 e. The molecule has 2 nitrogen and oxygen atoms in total. The van der Waals surface area contributed by atoms with Gasteiger partial charge in [0.2, 0.25) is 0 Å². The van der Waals surface area contributed by atoms with Crippen LogP contribution in [0.25, 0.3) is 11.0 Å². The summed E-state index contributed by atoms with van der Waals surface area (Å²) in [6, 6.07) is 8.18. The van der Waals surface area contributed by atoms with Crippen molar-refractivity contribution in [2.75, 3.05) is 0 Å². The van der Waals surface area contributed by atoms with Crippen molar-refractivity contribution in [1.29, 1.82) is 0 Å². The quantitative estimate of drug-likeness (QED) is 0.696. The summed E-state index contributed by atoms with van der Waals surface area (Å²) in [7, 11) is 0. The highest BCUT2D eigenvalue weighted by molar-refractivity contribution is 5.74. The second-order valence-electron chi connectivity index (χ2n) is 6.68. The van der Waals surface area contributed by atoms with Crippen LogP contribution in [0.2, 0.25) is 0 Å². The van der Waals surface area contributed by atoms with Crippen LogP contribution in [0.5, 0.6) is 0 Å². The molecule has 0 unspecified atom stereocenters. The molecule has 94 valence electrons. The summed E-state index contributed by atoms with van der Waals surface area (Å²) in [5.74, 6) is 0. The average molecular weight is 240 g/mol. The number of nitrogens with zero attached hydrogens (tertiary/aromatic N) is 2. The molecule has 0 N–H and O–H groups in total. The van der Waals surface area contributed by atoms with E-state index in [4.69, 9.17) is 9.97 Å². The van der Waals surface area contributed by atoms with E-state index in [1.807, 2.05) is 12.1 Å². The molecular weight excluding hydrogens is 220 g/mol. The van der Waals surface area contributed by atoms with Crippen molar-refractivity contribution in [2.45, 2.75) is 51.4 Å². The largest absolute Gasteiger partial charge is 0.249 e. The van der Waals surface area contributed by atoms with Crippen molar-refractivity contribution >= 4 is 11.0 Å². The number of hydrogen-bond acceptors (Lipinski definition) is 2. The first-order valence-electron chi connectivity index (χ1n) is 6.68. The van der Waals surface area contributed by atoms with E-state index in [2.05, 4.69) is 39.8 Å². The van der Waals surface area contributed by atoms with Gasteiger partial charge in [-0.3, -0.25) is 0 Å². The summed E-state index contributed by atoms with van der Waals surface area (Å²) in [6.07, 6.45) is 2.36. The molecule has 1 aliphatic carbocycles. The van der Waals surface area contributed by atoms with Gasteiger partial charge < -0.3 is 0 Å². The smallest absolute Gasteiger partial charge is 0.0890 e. The van der Waals surface area contributed by atoms with Crippen molar-refractivity contribution in [1.82, 2.24) is 9.97 Å². The molecule has 0 amide bonds. The van der Waals surface area contributed by atoms with Crippen molar-refractivity contribution in [2.24, 2.45) is 0 Å². The SMILES string of the molecule is CC1(C)CCC(C)(C)c2nc3ccccc3nc21. The number of para-hydroxylation sites is 2. The van der Waals surface area contributed by atoms with Gasteiger partial charge in [0.05, 0.1) is 22.4 Å². The Morgan fingerprint density at radius 2 is 1.17 bits per heavy atom. The molecule has 0 bridgehead atoms. The molecule has 0 spiro atoms. The van der Waals surface area contributed by atoms with Gasteiger partial charge in [0, 0.05) is 10.8 Å². The highest BCUT2D eigenvalue weighted by atomic mass is 14.9. The fraction of sp³-hybridized carbons (Fsp3) is 0.500. The van der Waals surface area contributed by atoms with Crippen LogP contribution in [0.3, 0.4) is 0 Å². The van der Waals surface area contributed by atoms with Crippen LogP contribution in [0.4, 0.5) is 0 Å². The third-order valence-corrected chi connectivity index (χ3v) is 4.23. The maximum atomic E-state index is 4.90. The van der Waals surface area contributed by atoms with Gasteiger partial charge in [-0.1, -0.05) is 39.8 Å². The Kier molecular flexibility index (Phi) is 2.28. The Morgan fingerprint density at radius 1 is 0.778 bits per heavy atom. The minimum absolute atomic E-state index is 0.141. The van der Waals surface area contributed by atoms with Gasteiger partial charge in [-0.25, -0.2) is 9.97 Å². The van der Waals surface area contributed by atoms with Crippen LogP contribution in [0.15, 0.2) is 24.3 Å². The van der Waals surface area contributed by atoms with Gasteiger partial charge in [-0.15, -0.1) is 0 Å². The van der Waals surface area contributed by atoms with Crippen LogP contribution in [-0.4, -0.2) is 9.97 Å². The van der Waals surface area contributed by atoms with Gasteiger partial charge in [0.25, 0.3) is 0 Å². The zero-order valence-corrected chi connectivity index (χ0v) is 11.6. The lowest BCUT2D eigenvalue weighted by molar-refractivity contribution is 0.316. The lowest BCUT2D eigenvalue weighted by atomic mass is 9.67. The number of benzene rings is 1. The summed E-state index contributed by atoms with van der Waals surface area (Å²) in [5.41, 5.74) is 4.70. The summed E-state index contributed by atoms with van der Waals surface area (Å²) in [6.45, 7) is 9.13. The first kappa shape index (κ1) is 11.6. The molecule has 1 aromatic heterocycles. The number of fused-ring (bicyclic) bond motifs is 2. The van der Waals surface area contributed by atoms with Crippen LogP contribution < -0.4 is 0 Å². The van der Waals surface area contributed by atoms with E-state index in [0.29, 0.717) is 0 Å². The zero-order valence-electron chi connectivity index (χ0n) is 11.6. The lowest BCUT2D eigenvalue weighted by Gasteiger charge is -2.39. The molecule has 2 aromatic rings. The second kappa shape index (κ2) is 3.53. The van der Waals surface area contributed by atoms with Gasteiger partial charge in [0.1, 0.15) is 0 Å². The maximum absolute atomic E-state index is 4.90. The zero-order chi connectivity index (χ0) is 13.0. The van der Waals surface area contributed by atoms with Gasteiger partial charge >= 0.3 is 0 Å².